The van der Waals surface area contributed by atoms with Gasteiger partial charge in [-0.2, -0.15) is 0 Å². The van der Waals surface area contributed by atoms with Gasteiger partial charge in [-0.15, -0.1) is 0 Å². The van der Waals surface area contributed by atoms with Crippen molar-refractivity contribution in [1.29, 1.82) is 0 Å². The number of carbonyl (C=O) groups excluding carboxylic acids is 1. The van der Waals surface area contributed by atoms with Crippen molar-refractivity contribution in [1.82, 2.24) is 0 Å². The molecule has 1 heterocycles. The van der Waals surface area contributed by atoms with E-state index in [4.69, 9.17) is 34.8 Å². The number of fused-ring (bicyclic) bond motifs is 1. The van der Waals surface area contributed by atoms with Crippen LogP contribution in [-0.2, 0) is 12.0 Å². The zero-order valence-corrected chi connectivity index (χ0v) is 15.6. The van der Waals surface area contributed by atoms with Crippen LogP contribution in [0.15, 0.2) is 24.3 Å². The molecule has 1 amide bonds. The van der Waals surface area contributed by atoms with E-state index in [-0.39, 0.29) is 16.4 Å². The molecule has 4 rings (SSSR count). The van der Waals surface area contributed by atoms with Gasteiger partial charge in [0, 0.05) is 23.8 Å². The second kappa shape index (κ2) is 5.26. The summed E-state index contributed by atoms with van der Waals surface area (Å²) < 4.78 is -1.87. The Morgan fingerprint density at radius 2 is 1.88 bits per heavy atom. The predicted octanol–water partition coefficient (Wildman–Crippen LogP) is 3.93. The molecule has 24 heavy (non-hydrogen) atoms. The Morgan fingerprint density at radius 3 is 2.58 bits per heavy atom. The number of hydrogen-bond donors (Lipinski definition) is 0. The Balaban J connectivity index is 1.99. The first kappa shape index (κ1) is 17.0. The zero-order chi connectivity index (χ0) is 17.2. The number of carboxylic acid groups (broad SMARTS) is 1. The fraction of sp³-hybridized carbons (Fsp3) is 0.611. The molecule has 3 aliphatic rings. The second-order valence-electron chi connectivity index (χ2n) is 7.66. The molecule has 0 spiro atoms. The van der Waals surface area contributed by atoms with Gasteiger partial charge in [0.15, 0.2) is 0 Å². The van der Waals surface area contributed by atoms with Crippen LogP contribution in [0.3, 0.4) is 0 Å². The predicted molar refractivity (Wildman–Crippen MR) is 93.0 cm³/mol. The summed E-state index contributed by atoms with van der Waals surface area (Å²) in [6.07, 6.45) is 4.65. The number of rotatable bonds is 1. The van der Waals surface area contributed by atoms with Gasteiger partial charge in [0.1, 0.15) is 12.1 Å². The van der Waals surface area contributed by atoms with E-state index in [1.807, 2.05) is 12.1 Å². The zero-order valence-electron chi connectivity index (χ0n) is 13.4. The minimum Gasteiger partial charge on any atom is -0.498 e. The maximum absolute atomic E-state index is 12.5. The van der Waals surface area contributed by atoms with Crippen molar-refractivity contribution in [3.63, 3.8) is 0 Å². The van der Waals surface area contributed by atoms with Gasteiger partial charge in [-0.25, -0.2) is 0 Å². The molecule has 3 unspecified atom stereocenters. The minimum absolute atomic E-state index is 0.0456. The summed E-state index contributed by atoms with van der Waals surface area (Å²) in [6, 6.07) is 8.24. The summed E-state index contributed by atoms with van der Waals surface area (Å²) in [5.41, 5.74) is 1.82. The van der Waals surface area contributed by atoms with Gasteiger partial charge in [-0.05, 0) is 24.8 Å². The lowest BCUT2D eigenvalue weighted by Crippen LogP contribution is -2.71. The van der Waals surface area contributed by atoms with Crippen LogP contribution in [0.1, 0.15) is 43.2 Å². The van der Waals surface area contributed by atoms with E-state index >= 15 is 0 Å². The van der Waals surface area contributed by atoms with Crippen LogP contribution in [0, 0.1) is 5.41 Å². The Morgan fingerprint density at radius 1 is 1.17 bits per heavy atom. The van der Waals surface area contributed by atoms with E-state index in [0.717, 1.165) is 44.1 Å². The number of nitrogens with zero attached hydrogens (tertiary/aromatic N) is 1. The third-order valence-corrected chi connectivity index (χ3v) is 7.17. The maximum atomic E-state index is 12.5. The molecule has 1 saturated carbocycles. The van der Waals surface area contributed by atoms with Gasteiger partial charge in [-0.3, -0.25) is 4.48 Å². The third kappa shape index (κ3) is 1.99. The molecule has 1 aliphatic heterocycles. The highest BCUT2D eigenvalue weighted by atomic mass is 35.6. The number of carbonyl (C=O) groups is 1. The molecule has 2 aliphatic carbocycles. The van der Waals surface area contributed by atoms with Crippen molar-refractivity contribution in [2.24, 2.45) is 5.41 Å². The van der Waals surface area contributed by atoms with Crippen molar-refractivity contribution in [3.8, 4) is 0 Å². The van der Waals surface area contributed by atoms with Crippen molar-refractivity contribution in [3.05, 3.63) is 35.4 Å². The van der Waals surface area contributed by atoms with E-state index in [0.29, 0.717) is 6.54 Å². The fourth-order valence-electron chi connectivity index (χ4n) is 6.16. The molecule has 2 fully saturated rings. The molecule has 3 atom stereocenters. The quantitative estimate of drug-likeness (QED) is 0.540. The summed E-state index contributed by atoms with van der Waals surface area (Å²) in [6.45, 7) is 0.431. The lowest BCUT2D eigenvalue weighted by molar-refractivity contribution is -0.925. The molecule has 6 heteroatoms. The summed E-state index contributed by atoms with van der Waals surface area (Å²) in [7, 11) is 0. The lowest BCUT2D eigenvalue weighted by atomic mass is 9.61. The molecule has 1 aromatic carbocycles. The third-order valence-electron chi connectivity index (χ3n) is 6.81. The Kier molecular flexibility index (Phi) is 3.72. The van der Waals surface area contributed by atoms with Crippen LogP contribution in [0.2, 0.25) is 0 Å². The number of halogens is 3. The Hall–Kier alpha value is -0.480. The number of amides is 1. The van der Waals surface area contributed by atoms with Gasteiger partial charge in [0.2, 0.25) is 3.79 Å². The first-order valence-electron chi connectivity index (χ1n) is 8.50. The largest absolute Gasteiger partial charge is 0.498 e. The van der Waals surface area contributed by atoms with Crippen molar-refractivity contribution >= 4 is 40.9 Å². The molecule has 0 N–H and O–H groups in total. The SMILES string of the molecule is O=C([O-])[N+]1(CC(Cl)(Cl)Cl)CCC23CCCCC21c1ccccc1C3. The number of likely N-dealkylation sites (tertiary alicyclic amines) is 1. The van der Waals surface area contributed by atoms with Crippen LogP contribution in [0.4, 0.5) is 4.79 Å². The second-order valence-corrected chi connectivity index (χ2v) is 10.2. The number of benzene rings is 1. The summed E-state index contributed by atoms with van der Waals surface area (Å²) >= 11 is 18.3. The van der Waals surface area contributed by atoms with E-state index in [1.165, 1.54) is 5.56 Å². The molecule has 0 aromatic heterocycles. The van der Waals surface area contributed by atoms with Crippen LogP contribution in [-0.4, -0.2) is 27.5 Å². The molecular formula is C18H20Cl3NO2. The van der Waals surface area contributed by atoms with E-state index in [2.05, 4.69) is 12.1 Å². The van der Waals surface area contributed by atoms with E-state index in [1.54, 1.807) is 0 Å². The minimum atomic E-state index is -1.63. The van der Waals surface area contributed by atoms with Gasteiger partial charge < -0.3 is 9.90 Å². The monoisotopic (exact) mass is 387 g/mol. The molecular weight excluding hydrogens is 369 g/mol. The van der Waals surface area contributed by atoms with E-state index in [9.17, 15) is 9.90 Å². The number of alkyl halides is 3. The van der Waals surface area contributed by atoms with E-state index < -0.39 is 15.4 Å². The molecule has 0 radical (unpaired) electrons. The highest BCUT2D eigenvalue weighted by Gasteiger charge is 2.74. The highest BCUT2D eigenvalue weighted by molar-refractivity contribution is 6.67. The topological polar surface area (TPSA) is 40.1 Å². The van der Waals surface area contributed by atoms with Gasteiger partial charge in [0.25, 0.3) is 6.09 Å². The molecule has 1 aromatic rings. The fourth-order valence-corrected chi connectivity index (χ4v) is 6.77. The van der Waals surface area contributed by atoms with Gasteiger partial charge in [-0.1, -0.05) is 65.5 Å². The van der Waals surface area contributed by atoms with Gasteiger partial charge >= 0.3 is 0 Å². The smallest absolute Gasteiger partial charge is 0.258 e. The van der Waals surface area contributed by atoms with Crippen LogP contribution >= 0.6 is 34.8 Å². The average Bonchev–Trinajstić information content (AvgIpc) is 2.96. The number of hydrogen-bond acceptors (Lipinski definition) is 2. The van der Waals surface area contributed by atoms with Crippen LogP contribution in [0.5, 0.6) is 0 Å². The molecule has 3 nitrogen and oxygen atoms in total. The van der Waals surface area contributed by atoms with Crippen molar-refractivity contribution in [2.45, 2.75) is 47.9 Å². The summed E-state index contributed by atoms with van der Waals surface area (Å²) in [5, 5.41) is 12.5. The van der Waals surface area contributed by atoms with Gasteiger partial charge in [0.05, 0.1) is 6.54 Å². The first-order valence-corrected chi connectivity index (χ1v) is 9.64. The normalized spacial score (nSPS) is 37.6. The molecule has 130 valence electrons. The average molecular weight is 389 g/mol. The molecule has 1 saturated heterocycles. The summed E-state index contributed by atoms with van der Waals surface area (Å²) in [4.78, 5) is 12.5. The van der Waals surface area contributed by atoms with Crippen molar-refractivity contribution < 1.29 is 14.4 Å². The maximum Gasteiger partial charge on any atom is 0.258 e. The Labute approximate surface area is 157 Å². The van der Waals surface area contributed by atoms with Crippen molar-refractivity contribution in [2.75, 3.05) is 13.1 Å². The lowest BCUT2D eigenvalue weighted by Gasteiger charge is -2.54. The highest BCUT2D eigenvalue weighted by Crippen LogP contribution is 2.69. The van der Waals surface area contributed by atoms with Crippen LogP contribution < -0.4 is 5.11 Å². The molecule has 0 bridgehead atoms. The number of quaternary nitrogens is 1. The standard InChI is InChI=1S/C18H20Cl3NO2/c19-18(20,21)12-22(15(23)24)10-9-16-7-3-4-8-17(16,22)14-6-2-1-5-13(14)11-16/h1-2,5-6H,3-4,7-12H2. The van der Waals surface area contributed by atoms with Crippen LogP contribution in [0.25, 0.3) is 0 Å². The Bertz CT molecular complexity index is 704. The first-order chi connectivity index (χ1) is 11.3. The summed E-state index contributed by atoms with van der Waals surface area (Å²) in [5.74, 6) is 0.